The zero-order chi connectivity index (χ0) is 17.2. The van der Waals surface area contributed by atoms with Gasteiger partial charge in [-0.1, -0.05) is 29.8 Å². The van der Waals surface area contributed by atoms with Gasteiger partial charge in [-0.05, 0) is 25.1 Å². The molecule has 0 aliphatic rings. The molecule has 3 aromatic heterocycles. The van der Waals surface area contributed by atoms with E-state index >= 15 is 0 Å². The fourth-order valence-electron chi connectivity index (χ4n) is 2.67. The summed E-state index contributed by atoms with van der Waals surface area (Å²) in [5, 5.41) is 7.17. The summed E-state index contributed by atoms with van der Waals surface area (Å²) < 4.78 is 6.91. The Morgan fingerprint density at radius 3 is 2.80 bits per heavy atom. The van der Waals surface area contributed by atoms with Gasteiger partial charge in [-0.25, -0.2) is 9.50 Å². The molecule has 0 spiro atoms. The van der Waals surface area contributed by atoms with Gasteiger partial charge < -0.3 is 9.73 Å². The van der Waals surface area contributed by atoms with Gasteiger partial charge in [0.1, 0.15) is 11.3 Å². The van der Waals surface area contributed by atoms with Crippen LogP contribution in [0.15, 0.2) is 65.5 Å². The SMILES string of the molecule is Cc1ccc(-c2ccnc3c(C(=O)NCc4ccco4)cnn23)cc1. The predicted octanol–water partition coefficient (Wildman–Crippen LogP) is 3.23. The highest BCUT2D eigenvalue weighted by molar-refractivity contribution is 5.99. The summed E-state index contributed by atoms with van der Waals surface area (Å²) in [6.07, 6.45) is 4.80. The summed E-state index contributed by atoms with van der Waals surface area (Å²) in [6.45, 7) is 2.36. The number of carbonyl (C=O) groups is 1. The third-order valence-electron chi connectivity index (χ3n) is 4.00. The molecule has 1 N–H and O–H groups in total. The van der Waals surface area contributed by atoms with Gasteiger partial charge in [0.2, 0.25) is 0 Å². The van der Waals surface area contributed by atoms with Gasteiger partial charge in [0.25, 0.3) is 5.91 Å². The van der Waals surface area contributed by atoms with Crippen molar-refractivity contribution >= 4 is 11.6 Å². The molecule has 0 bridgehead atoms. The summed E-state index contributed by atoms with van der Waals surface area (Å²) in [6, 6.07) is 13.6. The van der Waals surface area contributed by atoms with E-state index in [0.29, 0.717) is 23.5 Å². The van der Waals surface area contributed by atoms with Gasteiger partial charge in [-0.15, -0.1) is 0 Å². The third kappa shape index (κ3) is 2.89. The molecule has 0 aliphatic heterocycles. The second kappa shape index (κ2) is 6.24. The maximum Gasteiger partial charge on any atom is 0.257 e. The van der Waals surface area contributed by atoms with Crippen molar-refractivity contribution in [2.24, 2.45) is 0 Å². The molecule has 0 aliphatic carbocycles. The van der Waals surface area contributed by atoms with Crippen LogP contribution in [-0.2, 0) is 6.54 Å². The first-order valence-corrected chi connectivity index (χ1v) is 7.93. The van der Waals surface area contributed by atoms with Crippen LogP contribution in [0, 0.1) is 6.92 Å². The van der Waals surface area contributed by atoms with Crippen LogP contribution in [0.3, 0.4) is 0 Å². The second-order valence-corrected chi connectivity index (χ2v) is 5.75. The van der Waals surface area contributed by atoms with Crippen molar-refractivity contribution in [1.82, 2.24) is 19.9 Å². The Morgan fingerprint density at radius 1 is 1.20 bits per heavy atom. The van der Waals surface area contributed by atoms with Gasteiger partial charge in [-0.3, -0.25) is 4.79 Å². The Labute approximate surface area is 144 Å². The first-order chi connectivity index (χ1) is 12.2. The Kier molecular flexibility index (Phi) is 3.78. The molecule has 1 aromatic carbocycles. The van der Waals surface area contributed by atoms with Crippen LogP contribution >= 0.6 is 0 Å². The number of furan rings is 1. The standard InChI is InChI=1S/C19H16N4O2/c1-13-4-6-14(7-5-13)17-8-9-20-18-16(12-22-23(17)18)19(24)21-11-15-3-2-10-25-15/h2-10,12H,11H2,1H3,(H,21,24). The molecule has 1 amide bonds. The first-order valence-electron chi connectivity index (χ1n) is 7.93. The highest BCUT2D eigenvalue weighted by Crippen LogP contribution is 2.21. The minimum atomic E-state index is -0.236. The zero-order valence-corrected chi connectivity index (χ0v) is 13.6. The molecule has 6 heteroatoms. The lowest BCUT2D eigenvalue weighted by atomic mass is 10.1. The number of carbonyl (C=O) groups excluding carboxylic acids is 1. The number of nitrogens with zero attached hydrogens (tertiary/aromatic N) is 3. The molecule has 4 aromatic rings. The predicted molar refractivity (Wildman–Crippen MR) is 93.0 cm³/mol. The average Bonchev–Trinajstić information content (AvgIpc) is 3.30. The molecule has 6 nitrogen and oxygen atoms in total. The van der Waals surface area contributed by atoms with Crippen LogP contribution in [0.25, 0.3) is 16.9 Å². The topological polar surface area (TPSA) is 72.4 Å². The van der Waals surface area contributed by atoms with Crippen molar-refractivity contribution in [3.8, 4) is 11.3 Å². The maximum atomic E-state index is 12.5. The number of aryl methyl sites for hydroxylation is 1. The van der Waals surface area contributed by atoms with E-state index in [1.165, 1.54) is 11.8 Å². The normalized spacial score (nSPS) is 10.9. The molecule has 0 fully saturated rings. The quantitative estimate of drug-likeness (QED) is 0.623. The lowest BCUT2D eigenvalue weighted by Gasteiger charge is -2.06. The fourth-order valence-corrected chi connectivity index (χ4v) is 2.67. The van der Waals surface area contributed by atoms with Gasteiger partial charge in [-0.2, -0.15) is 5.10 Å². The molecular formula is C19H16N4O2. The van der Waals surface area contributed by atoms with Crippen LogP contribution < -0.4 is 5.32 Å². The van der Waals surface area contributed by atoms with E-state index in [1.54, 1.807) is 23.0 Å². The van der Waals surface area contributed by atoms with E-state index in [1.807, 2.05) is 43.3 Å². The molecule has 3 heterocycles. The minimum Gasteiger partial charge on any atom is -0.467 e. The van der Waals surface area contributed by atoms with Gasteiger partial charge in [0.05, 0.1) is 24.7 Å². The van der Waals surface area contributed by atoms with E-state index in [2.05, 4.69) is 15.4 Å². The highest BCUT2D eigenvalue weighted by atomic mass is 16.3. The number of amides is 1. The fraction of sp³-hybridized carbons (Fsp3) is 0.105. The largest absolute Gasteiger partial charge is 0.467 e. The Morgan fingerprint density at radius 2 is 2.04 bits per heavy atom. The zero-order valence-electron chi connectivity index (χ0n) is 13.6. The number of rotatable bonds is 4. The molecule has 4 rings (SSSR count). The molecule has 124 valence electrons. The van der Waals surface area contributed by atoms with Crippen molar-refractivity contribution in [2.45, 2.75) is 13.5 Å². The van der Waals surface area contributed by atoms with Crippen LogP contribution in [0.5, 0.6) is 0 Å². The average molecular weight is 332 g/mol. The molecule has 0 radical (unpaired) electrons. The Bertz CT molecular complexity index is 1020. The van der Waals surface area contributed by atoms with Crippen molar-refractivity contribution in [1.29, 1.82) is 0 Å². The van der Waals surface area contributed by atoms with Gasteiger partial charge in [0, 0.05) is 11.8 Å². The third-order valence-corrected chi connectivity index (χ3v) is 4.00. The number of benzene rings is 1. The number of hydrogen-bond acceptors (Lipinski definition) is 4. The lowest BCUT2D eigenvalue weighted by Crippen LogP contribution is -2.22. The highest BCUT2D eigenvalue weighted by Gasteiger charge is 2.16. The summed E-state index contributed by atoms with van der Waals surface area (Å²) in [7, 11) is 0. The van der Waals surface area contributed by atoms with Crippen molar-refractivity contribution in [3.05, 3.63) is 78.0 Å². The van der Waals surface area contributed by atoms with Crippen LogP contribution in [0.4, 0.5) is 0 Å². The summed E-state index contributed by atoms with van der Waals surface area (Å²) in [5.41, 5.74) is 4.04. The molecule has 0 unspecified atom stereocenters. The first kappa shape index (κ1) is 15.1. The number of aromatic nitrogens is 3. The van der Waals surface area contributed by atoms with E-state index in [4.69, 9.17) is 4.42 Å². The molecule has 0 saturated heterocycles. The smallest absolute Gasteiger partial charge is 0.257 e. The Hall–Kier alpha value is -3.41. The number of hydrogen-bond donors (Lipinski definition) is 1. The monoisotopic (exact) mass is 332 g/mol. The molecule has 0 saturated carbocycles. The summed E-state index contributed by atoms with van der Waals surface area (Å²) in [5.74, 6) is 0.457. The van der Waals surface area contributed by atoms with Crippen LogP contribution in [0.2, 0.25) is 0 Å². The number of nitrogens with one attached hydrogen (secondary N) is 1. The molecular weight excluding hydrogens is 316 g/mol. The minimum absolute atomic E-state index is 0.236. The maximum absolute atomic E-state index is 12.5. The van der Waals surface area contributed by atoms with Crippen LogP contribution in [-0.4, -0.2) is 20.5 Å². The van der Waals surface area contributed by atoms with Crippen LogP contribution in [0.1, 0.15) is 21.7 Å². The van der Waals surface area contributed by atoms with Crippen molar-refractivity contribution < 1.29 is 9.21 Å². The van der Waals surface area contributed by atoms with E-state index < -0.39 is 0 Å². The van der Waals surface area contributed by atoms with E-state index in [9.17, 15) is 4.79 Å². The molecule has 25 heavy (non-hydrogen) atoms. The second-order valence-electron chi connectivity index (χ2n) is 5.75. The van der Waals surface area contributed by atoms with E-state index in [0.717, 1.165) is 11.3 Å². The lowest BCUT2D eigenvalue weighted by molar-refractivity contribution is 0.0949. The Balaban J connectivity index is 1.66. The van der Waals surface area contributed by atoms with Crippen molar-refractivity contribution in [2.75, 3.05) is 0 Å². The van der Waals surface area contributed by atoms with Gasteiger partial charge >= 0.3 is 0 Å². The summed E-state index contributed by atoms with van der Waals surface area (Å²) in [4.78, 5) is 16.8. The summed E-state index contributed by atoms with van der Waals surface area (Å²) >= 11 is 0. The number of fused-ring (bicyclic) bond motifs is 1. The molecule has 0 atom stereocenters. The van der Waals surface area contributed by atoms with Gasteiger partial charge in [0.15, 0.2) is 5.65 Å². The van der Waals surface area contributed by atoms with Crippen molar-refractivity contribution in [3.63, 3.8) is 0 Å². The van der Waals surface area contributed by atoms with E-state index in [-0.39, 0.29) is 5.91 Å².